The van der Waals surface area contributed by atoms with Gasteiger partial charge in [0, 0.05) is 6.07 Å². The number of aromatic nitrogens is 2. The number of anilines is 1. The van der Waals surface area contributed by atoms with E-state index in [1.165, 1.54) is 4.57 Å². The van der Waals surface area contributed by atoms with Crippen LogP contribution in [0.25, 0.3) is 11.0 Å². The lowest BCUT2D eigenvalue weighted by molar-refractivity contribution is -0.384. The van der Waals surface area contributed by atoms with E-state index in [9.17, 15) is 14.9 Å². The van der Waals surface area contributed by atoms with E-state index >= 15 is 0 Å². The smallest absolute Gasteiger partial charge is 0.299 e. The number of benzene rings is 1. The molecule has 0 unspecified atom stereocenters. The van der Waals surface area contributed by atoms with Gasteiger partial charge in [0.15, 0.2) is 4.34 Å². The molecule has 0 atom stereocenters. The molecule has 7 nitrogen and oxygen atoms in total. The van der Waals surface area contributed by atoms with Crippen LogP contribution >= 0.6 is 22.9 Å². The Morgan fingerprint density at radius 3 is 2.81 bits per heavy atom. The van der Waals surface area contributed by atoms with Crippen LogP contribution in [0.5, 0.6) is 0 Å². The molecule has 0 saturated heterocycles. The van der Waals surface area contributed by atoms with E-state index in [0.717, 1.165) is 17.4 Å². The van der Waals surface area contributed by atoms with Crippen LogP contribution in [0.2, 0.25) is 4.34 Å². The third kappa shape index (κ3) is 2.14. The number of carbonyl (C=O) groups is 1. The maximum atomic E-state index is 12.5. The number of imidazole rings is 1. The van der Waals surface area contributed by atoms with Crippen LogP contribution in [-0.4, -0.2) is 20.4 Å². The monoisotopic (exact) mass is 322 g/mol. The molecular weight excluding hydrogens is 316 g/mol. The molecule has 3 aromatic rings. The fourth-order valence-corrected chi connectivity index (χ4v) is 3.11. The van der Waals surface area contributed by atoms with Gasteiger partial charge < -0.3 is 5.73 Å². The lowest BCUT2D eigenvalue weighted by Gasteiger charge is -2.02. The summed E-state index contributed by atoms with van der Waals surface area (Å²) in [5.41, 5.74) is 6.57. The first kappa shape index (κ1) is 13.5. The molecule has 0 saturated carbocycles. The highest BCUT2D eigenvalue weighted by Crippen LogP contribution is 2.34. The van der Waals surface area contributed by atoms with Crippen molar-refractivity contribution in [3.8, 4) is 0 Å². The molecule has 0 radical (unpaired) electrons. The fraction of sp³-hybridized carbons (Fsp3) is 0. The predicted molar refractivity (Wildman–Crippen MR) is 79.9 cm³/mol. The summed E-state index contributed by atoms with van der Waals surface area (Å²) in [5.74, 6) is -0.477. The molecule has 0 fully saturated rings. The number of halogens is 1. The van der Waals surface area contributed by atoms with Crippen molar-refractivity contribution >= 4 is 51.5 Å². The summed E-state index contributed by atoms with van der Waals surface area (Å²) in [6.45, 7) is 0. The number of fused-ring (bicyclic) bond motifs is 1. The maximum Gasteiger partial charge on any atom is 0.299 e. The number of hydrogen-bond donors (Lipinski definition) is 1. The minimum Gasteiger partial charge on any atom is -0.369 e. The highest BCUT2D eigenvalue weighted by molar-refractivity contribution is 7.18. The first-order valence-electron chi connectivity index (χ1n) is 5.70. The van der Waals surface area contributed by atoms with Crippen LogP contribution in [0, 0.1) is 10.1 Å². The van der Waals surface area contributed by atoms with E-state index in [2.05, 4.69) is 4.98 Å². The molecule has 0 bridgehead atoms. The third-order valence-corrected chi connectivity index (χ3v) is 4.19. The van der Waals surface area contributed by atoms with Crippen LogP contribution in [0.3, 0.4) is 0 Å². The average Bonchev–Trinajstić information content (AvgIpc) is 2.97. The number of thiophene rings is 1. The second kappa shape index (κ2) is 4.83. The molecule has 0 aliphatic heterocycles. The Labute approximate surface area is 126 Å². The van der Waals surface area contributed by atoms with E-state index in [1.54, 1.807) is 24.3 Å². The van der Waals surface area contributed by atoms with Gasteiger partial charge >= 0.3 is 0 Å². The zero-order valence-corrected chi connectivity index (χ0v) is 11.9. The standard InChI is InChI=1S/C12H7ClN4O3S/c13-10-8(17(19)20)5-9(21-10)11(18)16-7-4-2-1-3-6(7)15-12(16)14/h1-5H,(H2,14,15). The molecule has 2 heterocycles. The fourth-order valence-electron chi connectivity index (χ4n) is 1.96. The van der Waals surface area contributed by atoms with Gasteiger partial charge in [0.05, 0.1) is 16.0 Å². The van der Waals surface area contributed by atoms with Gasteiger partial charge in [0.25, 0.3) is 11.6 Å². The molecule has 0 spiro atoms. The van der Waals surface area contributed by atoms with Gasteiger partial charge in [0.1, 0.15) is 4.88 Å². The predicted octanol–water partition coefficient (Wildman–Crippen LogP) is 2.93. The van der Waals surface area contributed by atoms with E-state index in [4.69, 9.17) is 17.3 Å². The van der Waals surface area contributed by atoms with Crippen molar-refractivity contribution in [2.75, 3.05) is 5.73 Å². The van der Waals surface area contributed by atoms with Crippen molar-refractivity contribution in [2.24, 2.45) is 0 Å². The van der Waals surface area contributed by atoms with Crippen LogP contribution in [-0.2, 0) is 0 Å². The molecule has 21 heavy (non-hydrogen) atoms. The van der Waals surface area contributed by atoms with Crippen LogP contribution in [0.1, 0.15) is 9.67 Å². The summed E-state index contributed by atoms with van der Waals surface area (Å²) < 4.78 is 1.16. The summed E-state index contributed by atoms with van der Waals surface area (Å²) in [6.07, 6.45) is 0. The Kier molecular flexibility index (Phi) is 3.11. The van der Waals surface area contributed by atoms with Gasteiger partial charge in [-0.15, -0.1) is 11.3 Å². The number of nitrogens with zero attached hydrogens (tertiary/aromatic N) is 3. The topological polar surface area (TPSA) is 104 Å². The Bertz CT molecular complexity index is 886. The molecule has 2 aromatic heterocycles. The first-order valence-corrected chi connectivity index (χ1v) is 6.90. The molecule has 3 rings (SSSR count). The number of nitrogens with two attached hydrogens (primary N) is 1. The number of nitro groups is 1. The van der Waals surface area contributed by atoms with Gasteiger partial charge in [-0.1, -0.05) is 23.7 Å². The van der Waals surface area contributed by atoms with Gasteiger partial charge in [-0.2, -0.15) is 0 Å². The molecule has 0 aliphatic carbocycles. The van der Waals surface area contributed by atoms with Crippen molar-refractivity contribution in [3.63, 3.8) is 0 Å². The summed E-state index contributed by atoms with van der Waals surface area (Å²) in [6, 6.07) is 8.08. The van der Waals surface area contributed by atoms with Gasteiger partial charge in [-0.25, -0.2) is 9.55 Å². The van der Waals surface area contributed by atoms with Gasteiger partial charge in [-0.3, -0.25) is 14.9 Å². The lowest BCUT2D eigenvalue weighted by Crippen LogP contribution is -2.13. The molecule has 0 aliphatic rings. The quantitative estimate of drug-likeness (QED) is 0.577. The van der Waals surface area contributed by atoms with Crippen molar-refractivity contribution in [1.29, 1.82) is 0 Å². The third-order valence-electron chi connectivity index (χ3n) is 2.87. The Balaban J connectivity index is 2.15. The van der Waals surface area contributed by atoms with Crippen LogP contribution in [0.4, 0.5) is 11.6 Å². The molecule has 106 valence electrons. The van der Waals surface area contributed by atoms with Crippen molar-refractivity contribution in [1.82, 2.24) is 9.55 Å². The Hall–Kier alpha value is -2.45. The van der Waals surface area contributed by atoms with E-state index in [-0.39, 0.29) is 20.8 Å². The molecule has 0 amide bonds. The lowest BCUT2D eigenvalue weighted by atomic mass is 10.3. The zero-order chi connectivity index (χ0) is 15.1. The largest absolute Gasteiger partial charge is 0.369 e. The second-order valence-electron chi connectivity index (χ2n) is 4.13. The first-order chi connectivity index (χ1) is 9.99. The number of nitrogen functional groups attached to an aromatic ring is 1. The summed E-state index contributed by atoms with van der Waals surface area (Å²) in [7, 11) is 0. The molecule has 2 N–H and O–H groups in total. The van der Waals surface area contributed by atoms with E-state index < -0.39 is 10.8 Å². The number of para-hydroxylation sites is 2. The number of hydrogen-bond acceptors (Lipinski definition) is 6. The minimum absolute atomic E-state index is 0.0216. The summed E-state index contributed by atoms with van der Waals surface area (Å²) >= 11 is 6.61. The van der Waals surface area contributed by atoms with Crippen molar-refractivity contribution < 1.29 is 9.72 Å². The number of rotatable bonds is 2. The van der Waals surface area contributed by atoms with Crippen LogP contribution in [0.15, 0.2) is 30.3 Å². The average molecular weight is 323 g/mol. The zero-order valence-electron chi connectivity index (χ0n) is 10.3. The van der Waals surface area contributed by atoms with Gasteiger partial charge in [-0.05, 0) is 12.1 Å². The summed E-state index contributed by atoms with van der Waals surface area (Å²) in [5, 5.41) is 10.8. The summed E-state index contributed by atoms with van der Waals surface area (Å²) in [4.78, 5) is 26.9. The molecule has 9 heteroatoms. The van der Waals surface area contributed by atoms with Crippen molar-refractivity contribution in [3.05, 3.63) is 49.7 Å². The minimum atomic E-state index is -0.634. The second-order valence-corrected chi connectivity index (χ2v) is 5.78. The molecular formula is C12H7ClN4O3S. The SMILES string of the molecule is Nc1nc2ccccc2n1C(=O)c1cc([N+](=O)[O-])c(Cl)s1. The Morgan fingerprint density at radius 1 is 1.43 bits per heavy atom. The van der Waals surface area contributed by atoms with Gasteiger partial charge in [0.2, 0.25) is 5.95 Å². The highest BCUT2D eigenvalue weighted by Gasteiger charge is 2.24. The van der Waals surface area contributed by atoms with E-state index in [1.807, 2.05) is 0 Å². The van der Waals surface area contributed by atoms with Crippen LogP contribution < -0.4 is 5.73 Å². The van der Waals surface area contributed by atoms with Crippen molar-refractivity contribution in [2.45, 2.75) is 0 Å². The highest BCUT2D eigenvalue weighted by atomic mass is 35.5. The van der Waals surface area contributed by atoms with E-state index in [0.29, 0.717) is 11.0 Å². The maximum absolute atomic E-state index is 12.5. The molecule has 1 aromatic carbocycles. The normalized spacial score (nSPS) is 10.9. The number of carbonyl (C=O) groups excluding carboxylic acids is 1. The Morgan fingerprint density at radius 2 is 2.14 bits per heavy atom.